The first-order valence-electron chi connectivity index (χ1n) is 11.6. The van der Waals surface area contributed by atoms with Gasteiger partial charge in [0.1, 0.15) is 11.9 Å². The molecule has 0 amide bonds. The van der Waals surface area contributed by atoms with Crippen LogP contribution >= 0.6 is 11.3 Å². The summed E-state index contributed by atoms with van der Waals surface area (Å²) in [5.74, 6) is 0.693. The SMILES string of the molecule is CC(C)(C)C(O)Nc1cncc(-c2cc3c(-c4nc5c(-c6ccsc6)cccc5[nH]4)n[nH]c3cn2)c1. The van der Waals surface area contributed by atoms with Crippen molar-refractivity contribution < 1.29 is 5.11 Å². The molecule has 0 aliphatic rings. The van der Waals surface area contributed by atoms with Crippen LogP contribution in [0.4, 0.5) is 5.69 Å². The highest BCUT2D eigenvalue weighted by Crippen LogP contribution is 2.33. The van der Waals surface area contributed by atoms with Crippen LogP contribution < -0.4 is 5.32 Å². The minimum atomic E-state index is -0.711. The molecular formula is C27H25N7OS. The number of hydrogen-bond acceptors (Lipinski definition) is 7. The normalized spacial score (nSPS) is 12.9. The van der Waals surface area contributed by atoms with Gasteiger partial charge >= 0.3 is 0 Å². The van der Waals surface area contributed by atoms with E-state index in [1.165, 1.54) is 0 Å². The Morgan fingerprint density at radius 3 is 2.72 bits per heavy atom. The van der Waals surface area contributed by atoms with Crippen molar-refractivity contribution in [3.8, 4) is 33.9 Å². The first kappa shape index (κ1) is 22.4. The summed E-state index contributed by atoms with van der Waals surface area (Å²) in [5, 5.41) is 26.3. The molecule has 0 fully saturated rings. The zero-order chi connectivity index (χ0) is 24.9. The lowest BCUT2D eigenvalue weighted by Gasteiger charge is -2.27. The van der Waals surface area contributed by atoms with E-state index >= 15 is 0 Å². The van der Waals surface area contributed by atoms with Crippen LogP contribution in [-0.4, -0.2) is 41.5 Å². The molecule has 6 rings (SSSR count). The average molecular weight is 496 g/mol. The second-order valence-corrected chi connectivity index (χ2v) is 10.6. The molecule has 1 unspecified atom stereocenters. The second kappa shape index (κ2) is 8.54. The number of hydrogen-bond donors (Lipinski definition) is 4. The van der Waals surface area contributed by atoms with Gasteiger partial charge in [-0.05, 0) is 40.6 Å². The van der Waals surface area contributed by atoms with E-state index in [1.54, 1.807) is 29.9 Å². The van der Waals surface area contributed by atoms with Gasteiger partial charge in [0.15, 0.2) is 5.82 Å². The van der Waals surface area contributed by atoms with E-state index in [4.69, 9.17) is 4.98 Å². The molecule has 1 aromatic carbocycles. The zero-order valence-corrected chi connectivity index (χ0v) is 20.9. The highest BCUT2D eigenvalue weighted by molar-refractivity contribution is 7.08. The molecule has 6 aromatic rings. The van der Waals surface area contributed by atoms with E-state index in [0.29, 0.717) is 5.82 Å². The van der Waals surface area contributed by atoms with Crippen molar-refractivity contribution in [1.82, 2.24) is 30.1 Å². The standard InChI is InChI=1S/C27H25N7OS/c1-27(2,3)26(35)30-17-9-16(11-28-12-17)21-10-19-22(13-29-21)33-34-24(19)25-31-20-6-4-5-18(23(20)32-25)15-7-8-36-14-15/h4-14,26,30,35H,1-3H3,(H,31,32)(H,33,34). The number of anilines is 1. The average Bonchev–Trinajstić information content (AvgIpc) is 3.62. The molecule has 9 heteroatoms. The quantitative estimate of drug-likeness (QED) is 0.216. The summed E-state index contributed by atoms with van der Waals surface area (Å²) in [6, 6.07) is 12.2. The highest BCUT2D eigenvalue weighted by atomic mass is 32.1. The Hall–Kier alpha value is -4.08. The van der Waals surface area contributed by atoms with Gasteiger partial charge in [-0.1, -0.05) is 32.9 Å². The number of rotatable bonds is 5. The van der Waals surface area contributed by atoms with Gasteiger partial charge in [0.2, 0.25) is 0 Å². The molecule has 0 spiro atoms. The van der Waals surface area contributed by atoms with E-state index < -0.39 is 6.23 Å². The zero-order valence-electron chi connectivity index (χ0n) is 20.1. The number of nitrogens with zero attached hydrogens (tertiary/aromatic N) is 4. The molecule has 0 radical (unpaired) electrons. The van der Waals surface area contributed by atoms with E-state index in [0.717, 1.165) is 55.7 Å². The third kappa shape index (κ3) is 4.02. The molecule has 5 heterocycles. The summed E-state index contributed by atoms with van der Waals surface area (Å²) in [5.41, 5.74) is 7.66. The molecule has 8 nitrogen and oxygen atoms in total. The van der Waals surface area contributed by atoms with Crippen molar-refractivity contribution in [2.45, 2.75) is 27.0 Å². The Balaban J connectivity index is 1.40. The Kier molecular flexibility index (Phi) is 5.31. The van der Waals surface area contributed by atoms with Crippen LogP contribution in [0.5, 0.6) is 0 Å². The maximum Gasteiger partial charge on any atom is 0.159 e. The maximum absolute atomic E-state index is 10.4. The largest absolute Gasteiger partial charge is 0.373 e. The lowest BCUT2D eigenvalue weighted by atomic mass is 9.94. The predicted molar refractivity (Wildman–Crippen MR) is 145 cm³/mol. The summed E-state index contributed by atoms with van der Waals surface area (Å²) in [7, 11) is 0. The minimum absolute atomic E-state index is 0.311. The van der Waals surface area contributed by atoms with Crippen LogP contribution in [0, 0.1) is 5.41 Å². The first-order chi connectivity index (χ1) is 17.4. The van der Waals surface area contributed by atoms with Crippen molar-refractivity contribution in [1.29, 1.82) is 0 Å². The van der Waals surface area contributed by atoms with Gasteiger partial charge in [0, 0.05) is 28.1 Å². The number of pyridine rings is 2. The van der Waals surface area contributed by atoms with Gasteiger partial charge in [-0.3, -0.25) is 15.1 Å². The Morgan fingerprint density at radius 1 is 1.03 bits per heavy atom. The molecule has 4 N–H and O–H groups in total. The molecular weight excluding hydrogens is 470 g/mol. The van der Waals surface area contributed by atoms with Crippen LogP contribution in [0.15, 0.2) is 65.7 Å². The summed E-state index contributed by atoms with van der Waals surface area (Å²) in [6.45, 7) is 5.91. The lowest BCUT2D eigenvalue weighted by molar-refractivity contribution is 0.0880. The van der Waals surface area contributed by atoms with Gasteiger partial charge < -0.3 is 15.4 Å². The molecule has 0 aliphatic heterocycles. The number of para-hydroxylation sites is 1. The van der Waals surface area contributed by atoms with Crippen LogP contribution in [0.3, 0.4) is 0 Å². The number of aliphatic hydroxyl groups is 1. The molecule has 0 bridgehead atoms. The van der Waals surface area contributed by atoms with Crippen molar-refractivity contribution >= 4 is 39.0 Å². The molecule has 180 valence electrons. The number of H-pyrrole nitrogens is 2. The molecule has 0 saturated heterocycles. The minimum Gasteiger partial charge on any atom is -0.373 e. The van der Waals surface area contributed by atoms with Crippen LogP contribution in [-0.2, 0) is 0 Å². The number of benzene rings is 1. The van der Waals surface area contributed by atoms with E-state index in [1.807, 2.05) is 45.0 Å². The fourth-order valence-electron chi connectivity index (χ4n) is 4.08. The van der Waals surface area contributed by atoms with Crippen molar-refractivity contribution in [3.63, 3.8) is 0 Å². The Bertz CT molecular complexity index is 1680. The van der Waals surface area contributed by atoms with Gasteiger partial charge in [-0.2, -0.15) is 16.4 Å². The summed E-state index contributed by atoms with van der Waals surface area (Å²) in [6.07, 6.45) is 4.51. The number of aromatic nitrogens is 6. The third-order valence-corrected chi connectivity index (χ3v) is 6.86. The number of nitrogens with one attached hydrogen (secondary N) is 3. The fraction of sp³-hybridized carbons (Fsp3) is 0.185. The number of aromatic amines is 2. The second-order valence-electron chi connectivity index (χ2n) is 9.86. The number of fused-ring (bicyclic) bond motifs is 2. The van der Waals surface area contributed by atoms with Crippen LogP contribution in [0.1, 0.15) is 20.8 Å². The van der Waals surface area contributed by atoms with Crippen molar-refractivity contribution in [2.24, 2.45) is 5.41 Å². The van der Waals surface area contributed by atoms with Gasteiger partial charge in [0.25, 0.3) is 0 Å². The van der Waals surface area contributed by atoms with Gasteiger partial charge in [-0.15, -0.1) is 0 Å². The molecule has 0 aliphatic carbocycles. The van der Waals surface area contributed by atoms with Gasteiger partial charge in [0.05, 0.1) is 40.3 Å². The van der Waals surface area contributed by atoms with Gasteiger partial charge in [-0.25, -0.2) is 4.98 Å². The smallest absolute Gasteiger partial charge is 0.159 e. The topological polar surface area (TPSA) is 115 Å². The fourth-order valence-corrected chi connectivity index (χ4v) is 4.74. The maximum atomic E-state index is 10.4. The van der Waals surface area contributed by atoms with E-state index in [-0.39, 0.29) is 5.41 Å². The van der Waals surface area contributed by atoms with Crippen LogP contribution in [0.25, 0.3) is 55.8 Å². The molecule has 0 saturated carbocycles. The number of aliphatic hydroxyl groups excluding tert-OH is 1. The lowest BCUT2D eigenvalue weighted by Crippen LogP contribution is -2.33. The summed E-state index contributed by atoms with van der Waals surface area (Å²) < 4.78 is 0. The summed E-state index contributed by atoms with van der Waals surface area (Å²) in [4.78, 5) is 17.3. The van der Waals surface area contributed by atoms with E-state index in [9.17, 15) is 5.11 Å². The van der Waals surface area contributed by atoms with Crippen molar-refractivity contribution in [2.75, 3.05) is 5.32 Å². The van der Waals surface area contributed by atoms with Crippen LogP contribution in [0.2, 0.25) is 0 Å². The Morgan fingerprint density at radius 2 is 1.92 bits per heavy atom. The Labute approximate surface area is 211 Å². The number of thiophene rings is 1. The first-order valence-corrected chi connectivity index (χ1v) is 12.6. The number of imidazole rings is 1. The highest BCUT2D eigenvalue weighted by Gasteiger charge is 2.22. The van der Waals surface area contributed by atoms with E-state index in [2.05, 4.69) is 53.4 Å². The predicted octanol–water partition coefficient (Wildman–Crippen LogP) is 6.07. The summed E-state index contributed by atoms with van der Waals surface area (Å²) >= 11 is 1.67. The monoisotopic (exact) mass is 495 g/mol. The molecule has 36 heavy (non-hydrogen) atoms. The molecule has 5 aromatic heterocycles. The molecule has 1 atom stereocenters. The third-order valence-electron chi connectivity index (χ3n) is 6.17. The van der Waals surface area contributed by atoms with Crippen molar-refractivity contribution in [3.05, 3.63) is 65.7 Å².